The Balaban J connectivity index is 3.31. The van der Waals surface area contributed by atoms with Crippen molar-refractivity contribution in [3.8, 4) is 0 Å². The summed E-state index contributed by atoms with van der Waals surface area (Å²) < 4.78 is 26.5. The van der Waals surface area contributed by atoms with Gasteiger partial charge in [0.25, 0.3) is 0 Å². The average Bonchev–Trinajstić information content (AvgIpc) is 2.77. The van der Waals surface area contributed by atoms with Gasteiger partial charge < -0.3 is 28.3 Å². The SMILES string of the molecule is CCOC(=O)OC/C=C/[C@H](C)[C@@H]1[C@@H]([C@@H](C)O[Si](C)(C)C(C)(C)C)C(=O)N1C(C(=O)OCC)C(=O)OCC. The number of nitrogens with zero attached hydrogens (tertiary/aromatic N) is 1. The maximum Gasteiger partial charge on any atom is 0.508 e. The minimum absolute atomic E-state index is 0.0241. The molecule has 0 aliphatic carbocycles. The third kappa shape index (κ3) is 8.29. The fourth-order valence-corrected chi connectivity index (χ4v) is 5.48. The third-order valence-corrected chi connectivity index (χ3v) is 11.4. The first kappa shape index (κ1) is 32.6. The maximum atomic E-state index is 13.5. The van der Waals surface area contributed by atoms with Crippen LogP contribution in [0.1, 0.15) is 55.4 Å². The Morgan fingerprint density at radius 1 is 0.946 bits per heavy atom. The molecule has 0 unspecified atom stereocenters. The fourth-order valence-electron chi connectivity index (χ4n) is 4.05. The van der Waals surface area contributed by atoms with Crippen molar-refractivity contribution in [3.63, 3.8) is 0 Å². The fraction of sp³-hybridized carbons (Fsp3) is 0.769. The number of β-lactam (4-membered cyclic amide) rings is 1. The molecule has 212 valence electrons. The molecule has 4 atom stereocenters. The lowest BCUT2D eigenvalue weighted by Gasteiger charge is -2.54. The van der Waals surface area contributed by atoms with Crippen molar-refractivity contribution >= 4 is 32.3 Å². The van der Waals surface area contributed by atoms with Gasteiger partial charge in [-0.25, -0.2) is 14.4 Å². The average molecular weight is 544 g/mol. The van der Waals surface area contributed by atoms with Crippen LogP contribution in [0, 0.1) is 11.8 Å². The van der Waals surface area contributed by atoms with Crippen molar-refractivity contribution in [1.29, 1.82) is 0 Å². The van der Waals surface area contributed by atoms with E-state index in [1.165, 1.54) is 4.90 Å². The van der Waals surface area contributed by atoms with E-state index in [9.17, 15) is 19.2 Å². The van der Waals surface area contributed by atoms with Gasteiger partial charge in [0, 0.05) is 0 Å². The monoisotopic (exact) mass is 543 g/mol. The van der Waals surface area contributed by atoms with Crippen LogP contribution in [0.25, 0.3) is 0 Å². The smallest absolute Gasteiger partial charge is 0.464 e. The van der Waals surface area contributed by atoms with Crippen LogP contribution in [0.3, 0.4) is 0 Å². The molecular weight excluding hydrogens is 498 g/mol. The van der Waals surface area contributed by atoms with Crippen molar-refractivity contribution in [2.45, 2.75) is 91.7 Å². The third-order valence-electron chi connectivity index (χ3n) is 6.86. The van der Waals surface area contributed by atoms with Gasteiger partial charge in [-0.15, -0.1) is 0 Å². The number of likely N-dealkylation sites (tertiary alicyclic amines) is 1. The highest BCUT2D eigenvalue weighted by Gasteiger charge is 2.59. The zero-order chi connectivity index (χ0) is 28.6. The van der Waals surface area contributed by atoms with Gasteiger partial charge in [-0.05, 0) is 51.7 Å². The predicted molar refractivity (Wildman–Crippen MR) is 140 cm³/mol. The van der Waals surface area contributed by atoms with E-state index in [2.05, 4.69) is 33.9 Å². The van der Waals surface area contributed by atoms with E-state index < -0.39 is 50.5 Å². The highest BCUT2D eigenvalue weighted by atomic mass is 28.4. The Bertz CT molecular complexity index is 818. The molecule has 11 heteroatoms. The molecule has 1 amide bonds. The van der Waals surface area contributed by atoms with Crippen LogP contribution in [-0.4, -0.2) is 81.8 Å². The van der Waals surface area contributed by atoms with Crippen LogP contribution in [0.5, 0.6) is 0 Å². The molecular formula is C26H45NO9Si. The van der Waals surface area contributed by atoms with Gasteiger partial charge in [-0.2, -0.15) is 0 Å². The Morgan fingerprint density at radius 2 is 1.46 bits per heavy atom. The number of rotatable bonds is 13. The summed E-state index contributed by atoms with van der Waals surface area (Å²) in [4.78, 5) is 51.9. The van der Waals surface area contributed by atoms with E-state index >= 15 is 0 Å². The van der Waals surface area contributed by atoms with Crippen molar-refractivity contribution in [2.24, 2.45) is 11.8 Å². The summed E-state index contributed by atoms with van der Waals surface area (Å²) in [6, 6.07) is -2.06. The summed E-state index contributed by atoms with van der Waals surface area (Å²) in [5.74, 6) is -2.95. The molecule has 37 heavy (non-hydrogen) atoms. The quantitative estimate of drug-likeness (QED) is 0.0845. The van der Waals surface area contributed by atoms with E-state index in [1.807, 2.05) is 13.8 Å². The van der Waals surface area contributed by atoms with Crippen LogP contribution in [0.4, 0.5) is 4.79 Å². The lowest BCUT2D eigenvalue weighted by molar-refractivity contribution is -0.188. The van der Waals surface area contributed by atoms with Gasteiger partial charge in [0.2, 0.25) is 11.9 Å². The topological polar surface area (TPSA) is 118 Å². The second kappa shape index (κ2) is 13.9. The molecule has 1 heterocycles. The summed E-state index contributed by atoms with van der Waals surface area (Å²) in [6.45, 7) is 19.5. The maximum absolute atomic E-state index is 13.5. The molecule has 0 aromatic rings. The normalized spacial score (nSPS) is 19.9. The van der Waals surface area contributed by atoms with Crippen LogP contribution in [-0.2, 0) is 37.8 Å². The van der Waals surface area contributed by atoms with Gasteiger partial charge in [0.15, 0.2) is 8.32 Å². The minimum atomic E-state index is -2.22. The zero-order valence-corrected chi connectivity index (χ0v) is 25.0. The molecule has 0 spiro atoms. The number of amides is 1. The number of hydrogen-bond donors (Lipinski definition) is 0. The number of ether oxygens (including phenoxy) is 4. The van der Waals surface area contributed by atoms with Crippen LogP contribution < -0.4 is 0 Å². The first-order chi connectivity index (χ1) is 17.1. The summed E-state index contributed by atoms with van der Waals surface area (Å²) in [5.41, 5.74) is 0. The molecule has 0 aromatic carbocycles. The van der Waals surface area contributed by atoms with Gasteiger partial charge >= 0.3 is 18.1 Å². The molecule has 0 bridgehead atoms. The molecule has 1 aliphatic heterocycles. The summed E-state index contributed by atoms with van der Waals surface area (Å²) in [7, 11) is -2.22. The molecule has 0 radical (unpaired) electrons. The highest BCUT2D eigenvalue weighted by Crippen LogP contribution is 2.43. The highest BCUT2D eigenvalue weighted by molar-refractivity contribution is 6.74. The zero-order valence-electron chi connectivity index (χ0n) is 24.0. The predicted octanol–water partition coefficient (Wildman–Crippen LogP) is 4.08. The van der Waals surface area contributed by atoms with Crippen LogP contribution in [0.2, 0.25) is 18.1 Å². The molecule has 1 fully saturated rings. The lowest BCUT2D eigenvalue weighted by Crippen LogP contribution is -2.72. The Kier molecular flexibility index (Phi) is 12.3. The van der Waals surface area contributed by atoms with Gasteiger partial charge in [-0.1, -0.05) is 39.8 Å². The minimum Gasteiger partial charge on any atom is -0.464 e. The number of esters is 2. The molecule has 1 aliphatic rings. The number of carbonyl (C=O) groups is 4. The van der Waals surface area contributed by atoms with Gasteiger partial charge in [-0.3, -0.25) is 4.79 Å². The standard InChI is InChI=1S/C26H45NO9Si/c1-11-32-23(29)21(24(30)33-12-2)27-20(17(4)15-14-16-35-25(31)34-13-3)19(22(27)28)18(5)36-37(9,10)26(6,7)8/h14-15,17-21H,11-13,16H2,1-10H3/b15-14+/t17-,18+,19+,20+/m0/s1. The van der Waals surface area contributed by atoms with Crippen molar-refractivity contribution in [2.75, 3.05) is 26.4 Å². The number of hydrogen-bond acceptors (Lipinski definition) is 9. The molecule has 0 N–H and O–H groups in total. The first-order valence-electron chi connectivity index (χ1n) is 12.9. The van der Waals surface area contributed by atoms with E-state index in [4.69, 9.17) is 23.4 Å². The van der Waals surface area contributed by atoms with Crippen LogP contribution in [0.15, 0.2) is 12.2 Å². The second-order valence-corrected chi connectivity index (χ2v) is 15.3. The molecule has 0 saturated carbocycles. The van der Waals surface area contributed by atoms with E-state index in [1.54, 1.807) is 32.9 Å². The Morgan fingerprint density at radius 3 is 1.92 bits per heavy atom. The lowest BCUT2D eigenvalue weighted by atomic mass is 9.75. The number of carbonyl (C=O) groups excluding carboxylic acids is 4. The molecule has 1 saturated heterocycles. The summed E-state index contributed by atoms with van der Waals surface area (Å²) in [6.07, 6.45) is 2.19. The molecule has 0 aromatic heterocycles. The first-order valence-corrected chi connectivity index (χ1v) is 15.8. The largest absolute Gasteiger partial charge is 0.508 e. The van der Waals surface area contributed by atoms with Gasteiger partial charge in [0.05, 0.1) is 37.9 Å². The second-order valence-electron chi connectivity index (χ2n) is 10.5. The van der Waals surface area contributed by atoms with Gasteiger partial charge in [0.1, 0.15) is 6.61 Å². The van der Waals surface area contributed by atoms with Crippen LogP contribution >= 0.6 is 0 Å². The van der Waals surface area contributed by atoms with E-state index in [0.29, 0.717) is 0 Å². The van der Waals surface area contributed by atoms with E-state index in [0.717, 1.165) is 0 Å². The molecule has 10 nitrogen and oxygen atoms in total. The van der Waals surface area contributed by atoms with Crippen molar-refractivity contribution < 1.29 is 42.6 Å². The van der Waals surface area contributed by atoms with Crippen molar-refractivity contribution in [3.05, 3.63) is 12.2 Å². The van der Waals surface area contributed by atoms with E-state index in [-0.39, 0.29) is 43.3 Å². The Hall–Kier alpha value is -2.40. The Labute approximate surface area is 222 Å². The van der Waals surface area contributed by atoms with Crippen molar-refractivity contribution in [1.82, 2.24) is 4.90 Å². The summed E-state index contributed by atoms with van der Waals surface area (Å²) >= 11 is 0. The summed E-state index contributed by atoms with van der Waals surface area (Å²) in [5, 5.41) is -0.0718. The molecule has 1 rings (SSSR count).